The number of rotatable bonds is 8. The van der Waals surface area contributed by atoms with Crippen molar-refractivity contribution in [2.24, 2.45) is 0 Å². The van der Waals surface area contributed by atoms with Gasteiger partial charge in [-0.25, -0.2) is 4.21 Å². The standard InChI is InChI=1S/C26H23N3O2S.C3H8O.C2H6.CH2O/c1-18-7-5-6-10-25(18)32(30)29-20-13-16-24(27)23(17-20)26(28)19-11-14-22(15-12-19)31-21-8-3-2-4-9-21;1-3-4-2;2*1-2/h2-17,28-29H,27H2,1H3;3H2,1-2H3;1-2H3;1H2. The van der Waals surface area contributed by atoms with E-state index in [1.807, 2.05) is 113 Å². The van der Waals surface area contributed by atoms with Crippen LogP contribution >= 0.6 is 0 Å². The first kappa shape index (κ1) is 33.8. The number of benzene rings is 4. The van der Waals surface area contributed by atoms with Gasteiger partial charge in [-0.3, -0.25) is 5.41 Å². The van der Waals surface area contributed by atoms with E-state index in [1.54, 1.807) is 25.3 Å². The van der Waals surface area contributed by atoms with E-state index in [2.05, 4.69) is 9.46 Å². The summed E-state index contributed by atoms with van der Waals surface area (Å²) in [4.78, 5) is 8.72. The molecule has 212 valence electrons. The molecule has 0 aliphatic carbocycles. The monoisotopic (exact) mass is 561 g/mol. The van der Waals surface area contributed by atoms with Crippen molar-refractivity contribution >= 4 is 34.9 Å². The summed E-state index contributed by atoms with van der Waals surface area (Å²) in [5.74, 6) is 1.43. The molecule has 1 atom stereocenters. The summed E-state index contributed by atoms with van der Waals surface area (Å²) in [6.45, 7) is 10.7. The van der Waals surface area contributed by atoms with Crippen LogP contribution in [0.5, 0.6) is 11.5 Å². The normalized spacial score (nSPS) is 10.2. The van der Waals surface area contributed by atoms with Gasteiger partial charge >= 0.3 is 0 Å². The molecule has 0 fully saturated rings. The highest BCUT2D eigenvalue weighted by Crippen LogP contribution is 2.25. The Hall–Kier alpha value is -4.27. The molecule has 0 bridgehead atoms. The number of ether oxygens (including phenoxy) is 2. The number of carbonyl (C=O) groups is 1. The highest BCUT2D eigenvalue weighted by atomic mass is 32.2. The second kappa shape index (κ2) is 18.9. The van der Waals surface area contributed by atoms with Crippen molar-refractivity contribution in [1.82, 2.24) is 0 Å². The van der Waals surface area contributed by atoms with E-state index < -0.39 is 11.0 Å². The van der Waals surface area contributed by atoms with Gasteiger partial charge in [0, 0.05) is 36.2 Å². The largest absolute Gasteiger partial charge is 0.457 e. The lowest BCUT2D eigenvalue weighted by molar-refractivity contribution is -0.0980. The zero-order valence-electron chi connectivity index (χ0n) is 23.8. The molecule has 40 heavy (non-hydrogen) atoms. The van der Waals surface area contributed by atoms with Gasteiger partial charge in [-0.15, -0.1) is 0 Å². The Balaban J connectivity index is 0.000000902. The van der Waals surface area contributed by atoms with Crippen molar-refractivity contribution in [2.75, 3.05) is 24.2 Å². The Kier molecular flexibility index (Phi) is 15.9. The Labute approximate surface area is 240 Å². The van der Waals surface area contributed by atoms with Crippen LogP contribution in [0.25, 0.3) is 0 Å². The molecule has 0 amide bonds. The molecule has 0 spiro atoms. The molecule has 8 heteroatoms. The highest BCUT2D eigenvalue weighted by molar-refractivity contribution is 7.86. The van der Waals surface area contributed by atoms with Gasteiger partial charge in [0.25, 0.3) is 0 Å². The lowest BCUT2D eigenvalue weighted by Gasteiger charge is -2.13. The van der Waals surface area contributed by atoms with Crippen molar-refractivity contribution < 1.29 is 18.5 Å². The zero-order chi connectivity index (χ0) is 29.9. The molecule has 4 aromatic rings. The molecule has 0 aliphatic heterocycles. The van der Waals surface area contributed by atoms with Gasteiger partial charge in [-0.05, 0) is 80.1 Å². The summed E-state index contributed by atoms with van der Waals surface area (Å²) >= 11 is 0. The van der Waals surface area contributed by atoms with E-state index in [0.717, 1.165) is 22.8 Å². The zero-order valence-corrected chi connectivity index (χ0v) is 24.6. The molecule has 4 N–H and O–H groups in total. The summed E-state index contributed by atoms with van der Waals surface area (Å²) in [6.07, 6.45) is 0. The Morgan fingerprint density at radius 2 is 1.45 bits per heavy atom. The van der Waals surface area contributed by atoms with Crippen molar-refractivity contribution in [3.8, 4) is 11.5 Å². The van der Waals surface area contributed by atoms with Crippen LogP contribution in [0, 0.1) is 12.3 Å². The van der Waals surface area contributed by atoms with Gasteiger partial charge in [0.05, 0.1) is 10.6 Å². The van der Waals surface area contributed by atoms with Crippen molar-refractivity contribution in [2.45, 2.75) is 32.6 Å². The summed E-state index contributed by atoms with van der Waals surface area (Å²) in [7, 11) is 0.262. The van der Waals surface area contributed by atoms with Gasteiger partial charge in [0.1, 0.15) is 18.3 Å². The minimum Gasteiger partial charge on any atom is -0.457 e. The van der Waals surface area contributed by atoms with Gasteiger partial charge in [-0.2, -0.15) is 0 Å². The molecule has 0 heterocycles. The number of anilines is 2. The van der Waals surface area contributed by atoms with E-state index in [4.69, 9.17) is 20.7 Å². The van der Waals surface area contributed by atoms with Crippen molar-refractivity contribution in [1.29, 1.82) is 5.41 Å². The minimum atomic E-state index is -1.42. The number of carbonyl (C=O) groups excluding carboxylic acids is 1. The van der Waals surface area contributed by atoms with E-state index in [-0.39, 0.29) is 5.71 Å². The Morgan fingerprint density at radius 1 is 0.900 bits per heavy atom. The lowest BCUT2D eigenvalue weighted by Crippen LogP contribution is -2.09. The first-order chi connectivity index (χ1) is 19.4. The number of nitrogen functional groups attached to an aromatic ring is 1. The van der Waals surface area contributed by atoms with E-state index in [1.165, 1.54) is 0 Å². The second-order valence-electron chi connectivity index (χ2n) is 7.83. The third-order valence-corrected chi connectivity index (χ3v) is 6.52. The topological polar surface area (TPSA) is 115 Å². The maximum Gasteiger partial charge on any atom is 0.150 e. The number of aryl methyl sites for hydroxylation is 1. The van der Waals surface area contributed by atoms with Gasteiger partial charge in [-0.1, -0.05) is 50.2 Å². The first-order valence-electron chi connectivity index (χ1n) is 12.8. The Morgan fingerprint density at radius 3 is 2.02 bits per heavy atom. The fourth-order valence-electron chi connectivity index (χ4n) is 3.23. The molecule has 4 rings (SSSR count). The van der Waals surface area contributed by atoms with Crippen LogP contribution in [0.1, 0.15) is 37.5 Å². The smallest absolute Gasteiger partial charge is 0.150 e. The molecule has 0 aromatic heterocycles. The average molecular weight is 562 g/mol. The predicted octanol–water partition coefficient (Wildman–Crippen LogP) is 7.41. The number of hydrogen-bond donors (Lipinski definition) is 3. The van der Waals surface area contributed by atoms with Crippen molar-refractivity contribution in [3.63, 3.8) is 0 Å². The van der Waals surface area contributed by atoms with Gasteiger partial charge < -0.3 is 24.7 Å². The summed E-state index contributed by atoms with van der Waals surface area (Å²) in [5.41, 5.74) is 9.75. The van der Waals surface area contributed by atoms with Crippen LogP contribution < -0.4 is 15.2 Å². The molecule has 0 saturated heterocycles. The number of methoxy groups -OCH3 is 1. The minimum absolute atomic E-state index is 0.277. The summed E-state index contributed by atoms with van der Waals surface area (Å²) in [6, 6.07) is 29.6. The molecule has 4 aromatic carbocycles. The number of para-hydroxylation sites is 1. The van der Waals surface area contributed by atoms with Gasteiger partial charge in [0.15, 0.2) is 11.0 Å². The number of hydrogen-bond acceptors (Lipinski definition) is 6. The van der Waals surface area contributed by atoms with Crippen LogP contribution in [0.15, 0.2) is 102 Å². The Bertz CT molecular complexity index is 1330. The molecule has 0 aliphatic rings. The van der Waals surface area contributed by atoms with Crippen LogP contribution in [0.2, 0.25) is 0 Å². The lowest BCUT2D eigenvalue weighted by atomic mass is 10.0. The highest BCUT2D eigenvalue weighted by Gasteiger charge is 2.12. The van der Waals surface area contributed by atoms with Gasteiger partial charge in [0.2, 0.25) is 0 Å². The molecular formula is C32H39N3O4S. The van der Waals surface area contributed by atoms with E-state index in [0.29, 0.717) is 28.3 Å². The predicted molar refractivity (Wildman–Crippen MR) is 167 cm³/mol. The van der Waals surface area contributed by atoms with E-state index >= 15 is 0 Å². The third kappa shape index (κ3) is 10.5. The summed E-state index contributed by atoms with van der Waals surface area (Å²) < 4.78 is 26.1. The third-order valence-electron chi connectivity index (χ3n) is 5.24. The molecule has 0 radical (unpaired) electrons. The second-order valence-corrected chi connectivity index (χ2v) is 9.01. The average Bonchev–Trinajstić information content (AvgIpc) is 3.01. The van der Waals surface area contributed by atoms with E-state index in [9.17, 15) is 4.21 Å². The van der Waals surface area contributed by atoms with Crippen LogP contribution in [-0.4, -0.2) is 30.4 Å². The first-order valence-corrected chi connectivity index (χ1v) is 13.9. The quantitative estimate of drug-likeness (QED) is 0.153. The fourth-order valence-corrected chi connectivity index (χ4v) is 4.25. The molecular weight excluding hydrogens is 522 g/mol. The van der Waals surface area contributed by atoms with Crippen LogP contribution in [0.3, 0.4) is 0 Å². The number of nitrogens with two attached hydrogens (primary N) is 1. The maximum absolute atomic E-state index is 12.8. The summed E-state index contributed by atoms with van der Waals surface area (Å²) in [5, 5.41) is 8.66. The van der Waals surface area contributed by atoms with Crippen molar-refractivity contribution in [3.05, 3.63) is 114 Å². The van der Waals surface area contributed by atoms with Crippen LogP contribution in [0.4, 0.5) is 11.4 Å². The molecule has 0 saturated carbocycles. The number of nitrogens with one attached hydrogen (secondary N) is 2. The van der Waals surface area contributed by atoms with Crippen LogP contribution in [-0.2, 0) is 20.5 Å². The maximum atomic E-state index is 12.8. The molecule has 1 unspecified atom stereocenters. The molecule has 7 nitrogen and oxygen atoms in total. The fraction of sp³-hybridized carbons (Fsp3) is 0.188. The SMILES string of the molecule is C=O.CC.CCOC.Cc1ccccc1S(=O)Nc1ccc(N)c(C(=N)c2ccc(Oc3ccccc3)cc2)c1.